The van der Waals surface area contributed by atoms with Gasteiger partial charge in [0, 0.05) is 6.54 Å². The molecule has 1 N–H and O–H groups in total. The zero-order valence-electron chi connectivity index (χ0n) is 12.9. The minimum Gasteiger partial charge on any atom is -0.494 e. The van der Waals surface area contributed by atoms with Crippen molar-refractivity contribution in [2.24, 2.45) is 0 Å². The molecule has 1 heterocycles. The van der Waals surface area contributed by atoms with Crippen molar-refractivity contribution in [1.82, 2.24) is 5.32 Å². The van der Waals surface area contributed by atoms with Crippen LogP contribution in [0.4, 0.5) is 0 Å². The van der Waals surface area contributed by atoms with Crippen LogP contribution in [0.15, 0.2) is 41.8 Å². The maximum Gasteiger partial charge on any atom is 0.338 e. The molecule has 0 aliphatic heterocycles. The molecule has 0 unspecified atom stereocenters. The molecule has 0 saturated carbocycles. The van der Waals surface area contributed by atoms with E-state index in [0.717, 1.165) is 0 Å². The molecule has 0 aliphatic rings. The standard InChI is InChI=1S/C17H19NO4S/c1-2-21-14-7-3-6-13(12-14)17(20)22-10-5-9-18-16(19)15-8-4-11-23-15/h3-4,6-8,11-12H,2,5,9-10H2,1H3,(H,18,19). The van der Waals surface area contributed by atoms with Crippen LogP contribution in [0.1, 0.15) is 33.4 Å². The number of hydrogen-bond acceptors (Lipinski definition) is 5. The number of benzene rings is 1. The van der Waals surface area contributed by atoms with Crippen molar-refractivity contribution < 1.29 is 19.1 Å². The average molecular weight is 333 g/mol. The zero-order chi connectivity index (χ0) is 16.5. The van der Waals surface area contributed by atoms with E-state index in [1.165, 1.54) is 11.3 Å². The molecule has 0 spiro atoms. The first-order chi connectivity index (χ1) is 11.2. The van der Waals surface area contributed by atoms with Gasteiger partial charge in [-0.15, -0.1) is 11.3 Å². The average Bonchev–Trinajstić information content (AvgIpc) is 3.09. The lowest BCUT2D eigenvalue weighted by Crippen LogP contribution is -2.24. The van der Waals surface area contributed by atoms with E-state index in [1.807, 2.05) is 18.4 Å². The number of hydrogen-bond donors (Lipinski definition) is 1. The molecule has 1 aromatic heterocycles. The van der Waals surface area contributed by atoms with Crippen molar-refractivity contribution in [2.45, 2.75) is 13.3 Å². The highest BCUT2D eigenvalue weighted by atomic mass is 32.1. The molecule has 23 heavy (non-hydrogen) atoms. The fourth-order valence-electron chi connectivity index (χ4n) is 1.90. The minimum absolute atomic E-state index is 0.101. The van der Waals surface area contributed by atoms with Gasteiger partial charge in [-0.1, -0.05) is 12.1 Å². The quantitative estimate of drug-likeness (QED) is 0.595. The second-order valence-electron chi connectivity index (χ2n) is 4.68. The normalized spacial score (nSPS) is 10.1. The summed E-state index contributed by atoms with van der Waals surface area (Å²) in [6.07, 6.45) is 0.563. The Hall–Kier alpha value is -2.34. The van der Waals surface area contributed by atoms with Crippen LogP contribution in [0.3, 0.4) is 0 Å². The zero-order valence-corrected chi connectivity index (χ0v) is 13.7. The SMILES string of the molecule is CCOc1cccc(C(=O)OCCCNC(=O)c2cccs2)c1. The van der Waals surface area contributed by atoms with Crippen LogP contribution in [0.5, 0.6) is 5.75 Å². The Kier molecular flexibility index (Phi) is 6.62. The number of carbonyl (C=O) groups is 2. The second kappa shape index (κ2) is 8.95. The van der Waals surface area contributed by atoms with Crippen molar-refractivity contribution in [3.05, 3.63) is 52.2 Å². The van der Waals surface area contributed by atoms with E-state index in [2.05, 4.69) is 5.32 Å². The van der Waals surface area contributed by atoms with Crippen LogP contribution < -0.4 is 10.1 Å². The Bertz CT molecular complexity index is 640. The van der Waals surface area contributed by atoms with E-state index < -0.39 is 5.97 Å². The van der Waals surface area contributed by atoms with Gasteiger partial charge in [-0.3, -0.25) is 4.79 Å². The fraction of sp³-hybridized carbons (Fsp3) is 0.294. The molecule has 0 radical (unpaired) electrons. The number of amides is 1. The molecule has 1 amide bonds. The van der Waals surface area contributed by atoms with Gasteiger partial charge < -0.3 is 14.8 Å². The van der Waals surface area contributed by atoms with Crippen molar-refractivity contribution in [2.75, 3.05) is 19.8 Å². The summed E-state index contributed by atoms with van der Waals surface area (Å²) in [7, 11) is 0. The number of esters is 1. The van der Waals surface area contributed by atoms with Gasteiger partial charge in [0.1, 0.15) is 5.75 Å². The summed E-state index contributed by atoms with van der Waals surface area (Å²) in [6, 6.07) is 10.5. The Labute approximate surface area is 139 Å². The van der Waals surface area contributed by atoms with Gasteiger partial charge in [-0.2, -0.15) is 0 Å². The van der Waals surface area contributed by atoms with Gasteiger partial charge in [-0.05, 0) is 43.0 Å². The monoisotopic (exact) mass is 333 g/mol. The van der Waals surface area contributed by atoms with Gasteiger partial charge in [0.25, 0.3) is 5.91 Å². The summed E-state index contributed by atoms with van der Waals surface area (Å²) < 4.78 is 10.5. The highest BCUT2D eigenvalue weighted by molar-refractivity contribution is 7.12. The lowest BCUT2D eigenvalue weighted by atomic mass is 10.2. The van der Waals surface area contributed by atoms with E-state index in [0.29, 0.717) is 35.8 Å². The maximum absolute atomic E-state index is 11.9. The Morgan fingerprint density at radius 3 is 2.83 bits per heavy atom. The number of nitrogens with one attached hydrogen (secondary N) is 1. The van der Waals surface area contributed by atoms with Crippen LogP contribution in [-0.4, -0.2) is 31.6 Å². The smallest absolute Gasteiger partial charge is 0.338 e. The lowest BCUT2D eigenvalue weighted by Gasteiger charge is -2.07. The Balaban J connectivity index is 1.68. The van der Waals surface area contributed by atoms with Gasteiger partial charge in [0.15, 0.2) is 0 Å². The summed E-state index contributed by atoms with van der Waals surface area (Å²) >= 11 is 1.39. The molecule has 0 atom stereocenters. The first kappa shape index (κ1) is 17.0. The molecule has 0 fully saturated rings. The van der Waals surface area contributed by atoms with Gasteiger partial charge in [0.05, 0.1) is 23.7 Å². The van der Waals surface area contributed by atoms with Crippen LogP contribution in [-0.2, 0) is 4.74 Å². The van der Waals surface area contributed by atoms with E-state index in [9.17, 15) is 9.59 Å². The van der Waals surface area contributed by atoms with E-state index in [-0.39, 0.29) is 12.5 Å². The lowest BCUT2D eigenvalue weighted by molar-refractivity contribution is 0.0500. The Morgan fingerprint density at radius 1 is 1.22 bits per heavy atom. The summed E-state index contributed by atoms with van der Waals surface area (Å²) in [5.41, 5.74) is 0.457. The third-order valence-corrected chi connectivity index (χ3v) is 3.83. The molecule has 2 rings (SSSR count). The molecular formula is C17H19NO4S. The molecule has 0 aliphatic carbocycles. The molecule has 0 saturated heterocycles. The number of ether oxygens (including phenoxy) is 2. The van der Waals surface area contributed by atoms with E-state index in [1.54, 1.807) is 30.3 Å². The predicted octanol–water partition coefficient (Wildman–Crippen LogP) is 3.12. The van der Waals surface area contributed by atoms with E-state index >= 15 is 0 Å². The first-order valence-electron chi connectivity index (χ1n) is 7.42. The van der Waals surface area contributed by atoms with Crippen molar-refractivity contribution in [1.29, 1.82) is 0 Å². The molecule has 1 aromatic carbocycles. The number of carbonyl (C=O) groups excluding carboxylic acids is 2. The van der Waals surface area contributed by atoms with Crippen LogP contribution in [0.2, 0.25) is 0 Å². The van der Waals surface area contributed by atoms with Crippen molar-refractivity contribution in [3.8, 4) is 5.75 Å². The summed E-state index contributed by atoms with van der Waals surface area (Å²) in [4.78, 5) is 24.3. The highest BCUT2D eigenvalue weighted by Gasteiger charge is 2.09. The molecule has 122 valence electrons. The summed E-state index contributed by atoms with van der Waals surface area (Å²) in [5, 5.41) is 4.64. The second-order valence-corrected chi connectivity index (χ2v) is 5.63. The minimum atomic E-state index is -0.392. The van der Waals surface area contributed by atoms with Crippen LogP contribution >= 0.6 is 11.3 Å². The van der Waals surface area contributed by atoms with Crippen molar-refractivity contribution in [3.63, 3.8) is 0 Å². The van der Waals surface area contributed by atoms with Gasteiger partial charge >= 0.3 is 5.97 Å². The predicted molar refractivity (Wildman–Crippen MR) is 89.2 cm³/mol. The van der Waals surface area contributed by atoms with Crippen LogP contribution in [0.25, 0.3) is 0 Å². The first-order valence-corrected chi connectivity index (χ1v) is 8.30. The molecular weight excluding hydrogens is 314 g/mol. The number of rotatable bonds is 8. The largest absolute Gasteiger partial charge is 0.494 e. The third kappa shape index (κ3) is 5.41. The molecule has 6 heteroatoms. The topological polar surface area (TPSA) is 64.6 Å². The van der Waals surface area contributed by atoms with E-state index in [4.69, 9.17) is 9.47 Å². The fourth-order valence-corrected chi connectivity index (χ4v) is 2.54. The van der Waals surface area contributed by atoms with Crippen LogP contribution in [0, 0.1) is 0 Å². The Morgan fingerprint density at radius 2 is 2.09 bits per heavy atom. The van der Waals surface area contributed by atoms with Gasteiger partial charge in [-0.25, -0.2) is 4.79 Å². The third-order valence-electron chi connectivity index (χ3n) is 2.97. The van der Waals surface area contributed by atoms with Crippen molar-refractivity contribution >= 4 is 23.2 Å². The van der Waals surface area contributed by atoms with Gasteiger partial charge in [0.2, 0.25) is 0 Å². The molecule has 5 nitrogen and oxygen atoms in total. The maximum atomic E-state index is 11.9. The summed E-state index contributed by atoms with van der Waals surface area (Å²) in [6.45, 7) is 3.14. The number of thiophene rings is 1. The highest BCUT2D eigenvalue weighted by Crippen LogP contribution is 2.14. The summed E-state index contributed by atoms with van der Waals surface area (Å²) in [5.74, 6) is 0.150. The molecule has 0 bridgehead atoms. The molecule has 2 aromatic rings.